The number of methoxy groups -OCH3 is 1. The van der Waals surface area contributed by atoms with E-state index in [9.17, 15) is 13.2 Å². The molecule has 0 spiro atoms. The Labute approximate surface area is 155 Å². The third-order valence-electron chi connectivity index (χ3n) is 5.21. The molecule has 2 aliphatic heterocycles. The van der Waals surface area contributed by atoms with Crippen molar-refractivity contribution in [1.82, 2.24) is 13.6 Å². The molecule has 144 valence electrons. The Balaban J connectivity index is 1.62. The summed E-state index contributed by atoms with van der Waals surface area (Å²) in [5, 5.41) is 0. The third kappa shape index (κ3) is 4.42. The first kappa shape index (κ1) is 19.3. The fraction of sp³-hybridized carbons (Fsp3) is 0.667. The summed E-state index contributed by atoms with van der Waals surface area (Å²) in [7, 11) is -2.01. The topological polar surface area (TPSA) is 79.8 Å². The van der Waals surface area contributed by atoms with Gasteiger partial charge in [0, 0.05) is 38.6 Å². The highest BCUT2D eigenvalue weighted by molar-refractivity contribution is 7.86. The molecule has 8 heteroatoms. The van der Waals surface area contributed by atoms with Crippen molar-refractivity contribution in [1.29, 1.82) is 0 Å². The van der Waals surface area contributed by atoms with E-state index in [0.717, 1.165) is 37.7 Å². The minimum Gasteiger partial charge on any atom is -0.465 e. The van der Waals surface area contributed by atoms with Crippen LogP contribution < -0.4 is 0 Å². The van der Waals surface area contributed by atoms with E-state index in [4.69, 9.17) is 4.74 Å². The number of esters is 1. The van der Waals surface area contributed by atoms with Gasteiger partial charge in [-0.3, -0.25) is 4.98 Å². The Morgan fingerprint density at radius 2 is 1.88 bits per heavy atom. The molecule has 2 fully saturated rings. The van der Waals surface area contributed by atoms with Gasteiger partial charge in [0.25, 0.3) is 10.2 Å². The summed E-state index contributed by atoms with van der Waals surface area (Å²) in [6, 6.07) is 1.78. The number of nitrogens with zero attached hydrogens (tertiary/aromatic N) is 3. The molecule has 0 amide bonds. The monoisotopic (exact) mass is 381 g/mol. The summed E-state index contributed by atoms with van der Waals surface area (Å²) in [6.45, 7) is 2.36. The maximum atomic E-state index is 12.9. The maximum absolute atomic E-state index is 12.9. The smallest absolute Gasteiger partial charge is 0.339 e. The highest BCUT2D eigenvalue weighted by Gasteiger charge is 2.35. The number of carbonyl (C=O) groups is 1. The summed E-state index contributed by atoms with van der Waals surface area (Å²) in [5.41, 5.74) is 1.36. The molecule has 1 unspecified atom stereocenters. The summed E-state index contributed by atoms with van der Waals surface area (Å²) in [6.07, 6.45) is 8.87. The average molecular weight is 381 g/mol. The lowest BCUT2D eigenvalue weighted by Crippen LogP contribution is -2.43. The highest BCUT2D eigenvalue weighted by atomic mass is 32.2. The minimum absolute atomic E-state index is 0.242. The molecule has 0 radical (unpaired) electrons. The van der Waals surface area contributed by atoms with Crippen molar-refractivity contribution >= 4 is 16.2 Å². The Morgan fingerprint density at radius 3 is 2.58 bits per heavy atom. The van der Waals surface area contributed by atoms with Crippen LogP contribution in [0.3, 0.4) is 0 Å². The van der Waals surface area contributed by atoms with E-state index in [-0.39, 0.29) is 5.92 Å². The van der Waals surface area contributed by atoms with E-state index in [1.54, 1.807) is 20.9 Å². The molecule has 1 atom stereocenters. The van der Waals surface area contributed by atoms with Crippen LogP contribution in [-0.2, 0) is 21.4 Å². The van der Waals surface area contributed by atoms with E-state index in [1.807, 2.05) is 0 Å². The second kappa shape index (κ2) is 8.45. The number of hydrogen-bond donors (Lipinski definition) is 0. The predicted octanol–water partition coefficient (Wildman–Crippen LogP) is 1.85. The molecule has 3 heterocycles. The maximum Gasteiger partial charge on any atom is 0.339 e. The van der Waals surface area contributed by atoms with Crippen molar-refractivity contribution < 1.29 is 17.9 Å². The highest BCUT2D eigenvalue weighted by Crippen LogP contribution is 2.26. The molecule has 2 saturated heterocycles. The molecular formula is C18H27N3O4S. The van der Waals surface area contributed by atoms with E-state index in [0.29, 0.717) is 38.2 Å². The summed E-state index contributed by atoms with van der Waals surface area (Å²) >= 11 is 0. The van der Waals surface area contributed by atoms with Crippen LogP contribution >= 0.6 is 0 Å². The van der Waals surface area contributed by atoms with E-state index < -0.39 is 16.2 Å². The number of ether oxygens (including phenoxy) is 1. The molecule has 26 heavy (non-hydrogen) atoms. The quantitative estimate of drug-likeness (QED) is 0.727. The first-order valence-electron chi connectivity index (χ1n) is 9.28. The van der Waals surface area contributed by atoms with Crippen molar-refractivity contribution in [3.63, 3.8) is 0 Å². The Bertz CT molecular complexity index is 730. The van der Waals surface area contributed by atoms with Crippen LogP contribution in [-0.4, -0.2) is 61.3 Å². The van der Waals surface area contributed by atoms with E-state index in [1.165, 1.54) is 13.3 Å². The number of carbonyl (C=O) groups excluding carboxylic acids is 1. The van der Waals surface area contributed by atoms with Crippen LogP contribution in [0.4, 0.5) is 0 Å². The van der Waals surface area contributed by atoms with Crippen LogP contribution in [0.2, 0.25) is 0 Å². The fourth-order valence-corrected chi connectivity index (χ4v) is 5.55. The van der Waals surface area contributed by atoms with Crippen LogP contribution in [0.5, 0.6) is 0 Å². The van der Waals surface area contributed by atoms with Gasteiger partial charge in [0.15, 0.2) is 0 Å². The second-order valence-electron chi connectivity index (χ2n) is 7.11. The van der Waals surface area contributed by atoms with Gasteiger partial charge < -0.3 is 4.74 Å². The molecule has 3 rings (SSSR count). The number of aromatic nitrogens is 1. The Morgan fingerprint density at radius 1 is 1.15 bits per heavy atom. The van der Waals surface area contributed by atoms with Crippen LogP contribution in [0.15, 0.2) is 18.5 Å². The zero-order valence-electron chi connectivity index (χ0n) is 15.3. The van der Waals surface area contributed by atoms with Gasteiger partial charge >= 0.3 is 5.97 Å². The zero-order chi connectivity index (χ0) is 18.6. The molecule has 0 aromatic carbocycles. The number of hydrogen-bond acceptors (Lipinski definition) is 5. The normalized spacial score (nSPS) is 22.9. The SMILES string of the molecule is COC(=O)c1cncc(CC2CCN(S(=O)(=O)N3CCCCCC3)C2)c1. The first-order valence-corrected chi connectivity index (χ1v) is 10.7. The van der Waals surface area contributed by atoms with Gasteiger partial charge in [0.1, 0.15) is 0 Å². The lowest BCUT2D eigenvalue weighted by Gasteiger charge is -2.26. The van der Waals surface area contributed by atoms with Crippen molar-refractivity contribution in [3.05, 3.63) is 29.6 Å². The fourth-order valence-electron chi connectivity index (χ4n) is 3.77. The van der Waals surface area contributed by atoms with Gasteiger partial charge in [-0.15, -0.1) is 0 Å². The van der Waals surface area contributed by atoms with Gasteiger partial charge in [-0.1, -0.05) is 12.8 Å². The van der Waals surface area contributed by atoms with Gasteiger partial charge in [-0.2, -0.15) is 17.0 Å². The molecule has 0 bridgehead atoms. The van der Waals surface area contributed by atoms with Gasteiger partial charge in [0.2, 0.25) is 0 Å². The number of rotatable bonds is 5. The zero-order valence-corrected chi connectivity index (χ0v) is 16.1. The average Bonchev–Trinajstić information content (AvgIpc) is 2.94. The Hall–Kier alpha value is -1.51. The molecule has 0 N–H and O–H groups in total. The minimum atomic E-state index is -3.36. The molecule has 2 aliphatic rings. The standard InChI is InChI=1S/C18H27N3O4S/c1-25-18(22)17-11-16(12-19-13-17)10-15-6-9-21(14-15)26(23,24)20-7-4-2-3-5-8-20/h11-13,15H,2-10,14H2,1H3. The molecule has 0 saturated carbocycles. The van der Waals surface area contributed by atoms with E-state index >= 15 is 0 Å². The van der Waals surface area contributed by atoms with E-state index in [2.05, 4.69) is 4.98 Å². The van der Waals surface area contributed by atoms with Gasteiger partial charge in [-0.25, -0.2) is 4.79 Å². The summed E-state index contributed by atoms with van der Waals surface area (Å²) in [5.74, 6) is -0.164. The molecule has 0 aliphatic carbocycles. The molecule has 1 aromatic heterocycles. The number of pyridine rings is 1. The van der Waals surface area contributed by atoms with Crippen LogP contribution in [0.1, 0.15) is 48.0 Å². The van der Waals surface area contributed by atoms with Crippen LogP contribution in [0, 0.1) is 5.92 Å². The summed E-state index contributed by atoms with van der Waals surface area (Å²) < 4.78 is 33.8. The second-order valence-corrected chi connectivity index (χ2v) is 9.04. The Kier molecular flexibility index (Phi) is 6.26. The van der Waals surface area contributed by atoms with Crippen molar-refractivity contribution in [2.45, 2.75) is 38.5 Å². The van der Waals surface area contributed by atoms with Crippen molar-refractivity contribution in [2.75, 3.05) is 33.3 Å². The van der Waals surface area contributed by atoms with Crippen molar-refractivity contribution in [3.8, 4) is 0 Å². The lowest BCUT2D eigenvalue weighted by molar-refractivity contribution is 0.0600. The predicted molar refractivity (Wildman–Crippen MR) is 97.9 cm³/mol. The van der Waals surface area contributed by atoms with Crippen molar-refractivity contribution in [2.24, 2.45) is 5.92 Å². The summed E-state index contributed by atoms with van der Waals surface area (Å²) in [4.78, 5) is 15.7. The molecule has 7 nitrogen and oxygen atoms in total. The molecular weight excluding hydrogens is 354 g/mol. The lowest BCUT2D eigenvalue weighted by atomic mass is 9.99. The first-order chi connectivity index (χ1) is 12.5. The third-order valence-corrected chi connectivity index (χ3v) is 7.21. The van der Waals surface area contributed by atoms with Crippen LogP contribution in [0.25, 0.3) is 0 Å². The molecule has 1 aromatic rings. The largest absolute Gasteiger partial charge is 0.465 e. The van der Waals surface area contributed by atoms with Gasteiger partial charge in [-0.05, 0) is 43.2 Å². The van der Waals surface area contributed by atoms with Gasteiger partial charge in [0.05, 0.1) is 12.7 Å².